The van der Waals surface area contributed by atoms with Crippen LogP contribution in [0.25, 0.3) is 11.0 Å². The van der Waals surface area contributed by atoms with E-state index in [-0.39, 0.29) is 5.76 Å². The predicted octanol–water partition coefficient (Wildman–Crippen LogP) is 6.95. The number of rotatable bonds is 8. The van der Waals surface area contributed by atoms with Crippen molar-refractivity contribution in [3.63, 3.8) is 0 Å². The summed E-state index contributed by atoms with van der Waals surface area (Å²) in [5, 5.41) is 10.2. The summed E-state index contributed by atoms with van der Waals surface area (Å²) in [6.07, 6.45) is 0.942. The molecule has 1 heterocycles. The number of nitrogens with zero attached hydrogens (tertiary/aromatic N) is 1. The first kappa shape index (κ1) is 21.7. The van der Waals surface area contributed by atoms with Crippen LogP contribution in [-0.4, -0.2) is 21.9 Å². The molecule has 0 saturated heterocycles. The summed E-state index contributed by atoms with van der Waals surface area (Å²) in [4.78, 5) is 12.4. The number of carboxylic acid groups (broad SMARTS) is 1. The Morgan fingerprint density at radius 3 is 2.55 bits per heavy atom. The molecule has 0 radical (unpaired) electrons. The molecule has 0 aliphatic carbocycles. The lowest BCUT2D eigenvalue weighted by molar-refractivity contribution is 0.0664. The van der Waals surface area contributed by atoms with E-state index in [1.165, 1.54) is 11.1 Å². The molecule has 158 valence electrons. The van der Waals surface area contributed by atoms with E-state index < -0.39 is 5.97 Å². The molecule has 0 spiro atoms. The normalized spacial score (nSPS) is 11.3. The van der Waals surface area contributed by atoms with Crippen LogP contribution in [0.2, 0.25) is 0 Å². The highest BCUT2D eigenvalue weighted by Gasteiger charge is 2.17. The van der Waals surface area contributed by atoms with Crippen LogP contribution in [0.4, 0.5) is 0 Å². The average Bonchev–Trinajstić information content (AvgIpc) is 3.09. The third kappa shape index (κ3) is 5.39. The molecule has 0 aliphatic rings. The number of carboxylic acids is 1. The number of hydrogen-bond acceptors (Lipinski definition) is 4. The van der Waals surface area contributed by atoms with E-state index >= 15 is 0 Å². The fourth-order valence-electron chi connectivity index (χ4n) is 3.50. The van der Waals surface area contributed by atoms with Crippen molar-refractivity contribution in [3.05, 3.63) is 99.7 Å². The molecule has 0 amide bonds. The van der Waals surface area contributed by atoms with Gasteiger partial charge in [-0.15, -0.1) is 0 Å². The maximum absolute atomic E-state index is 11.4. The second-order valence-electron chi connectivity index (χ2n) is 7.34. The molecular formula is C25H22BrNO3S. The van der Waals surface area contributed by atoms with Crippen molar-refractivity contribution in [2.45, 2.75) is 24.8 Å². The molecule has 1 aromatic heterocycles. The van der Waals surface area contributed by atoms with E-state index in [1.54, 1.807) is 18.9 Å². The first-order valence-electron chi connectivity index (χ1n) is 9.97. The minimum Gasteiger partial charge on any atom is -0.475 e. The molecule has 4 rings (SSSR count). The Bertz CT molecular complexity index is 1210. The minimum atomic E-state index is -1.04. The van der Waals surface area contributed by atoms with Crippen LogP contribution in [0, 0.1) is 6.92 Å². The Labute approximate surface area is 194 Å². The SMILES string of the molecule is Cc1c(C(=O)O)oc2ccc(SN(CCc3ccccc3)Cc3cccc(Br)c3)cc12. The summed E-state index contributed by atoms with van der Waals surface area (Å²) in [7, 11) is 0. The zero-order valence-electron chi connectivity index (χ0n) is 17.0. The van der Waals surface area contributed by atoms with E-state index in [0.29, 0.717) is 11.1 Å². The van der Waals surface area contributed by atoms with E-state index in [4.69, 9.17) is 4.42 Å². The Balaban J connectivity index is 1.58. The lowest BCUT2D eigenvalue weighted by atomic mass is 10.1. The van der Waals surface area contributed by atoms with Gasteiger partial charge >= 0.3 is 5.97 Å². The number of carbonyl (C=O) groups is 1. The topological polar surface area (TPSA) is 53.7 Å². The first-order chi connectivity index (χ1) is 15.0. The molecule has 4 aromatic rings. The van der Waals surface area contributed by atoms with Crippen LogP contribution in [0.1, 0.15) is 27.2 Å². The van der Waals surface area contributed by atoms with Gasteiger partial charge < -0.3 is 9.52 Å². The number of benzene rings is 3. The fourth-order valence-corrected chi connectivity index (χ4v) is 4.94. The molecule has 0 bridgehead atoms. The van der Waals surface area contributed by atoms with Crippen LogP contribution in [-0.2, 0) is 13.0 Å². The largest absolute Gasteiger partial charge is 0.475 e. The summed E-state index contributed by atoms with van der Waals surface area (Å²) in [6.45, 7) is 3.46. The third-order valence-electron chi connectivity index (χ3n) is 5.08. The summed E-state index contributed by atoms with van der Waals surface area (Å²) in [6, 6.07) is 24.7. The van der Waals surface area contributed by atoms with Gasteiger partial charge in [0.25, 0.3) is 0 Å². The van der Waals surface area contributed by atoms with Crippen molar-refractivity contribution in [1.82, 2.24) is 4.31 Å². The van der Waals surface area contributed by atoms with Crippen molar-refractivity contribution < 1.29 is 14.3 Å². The fraction of sp³-hybridized carbons (Fsp3) is 0.160. The summed E-state index contributed by atoms with van der Waals surface area (Å²) in [5.74, 6) is -1.03. The Hall–Kier alpha value is -2.54. The van der Waals surface area contributed by atoms with E-state index in [0.717, 1.165) is 34.3 Å². The first-order valence-corrected chi connectivity index (χ1v) is 11.5. The van der Waals surface area contributed by atoms with Crippen molar-refractivity contribution >= 4 is 44.8 Å². The molecule has 31 heavy (non-hydrogen) atoms. The molecule has 6 heteroatoms. The lowest BCUT2D eigenvalue weighted by Gasteiger charge is -2.21. The van der Waals surface area contributed by atoms with Crippen LogP contribution in [0.5, 0.6) is 0 Å². The van der Waals surface area contributed by atoms with Gasteiger partial charge in [-0.05, 0) is 66.8 Å². The zero-order valence-corrected chi connectivity index (χ0v) is 19.4. The summed E-state index contributed by atoms with van der Waals surface area (Å²) in [5.41, 5.74) is 3.79. The molecule has 0 saturated carbocycles. The molecule has 4 nitrogen and oxygen atoms in total. The van der Waals surface area contributed by atoms with Crippen molar-refractivity contribution in [1.29, 1.82) is 0 Å². The lowest BCUT2D eigenvalue weighted by Crippen LogP contribution is -2.18. The average molecular weight is 496 g/mol. The van der Waals surface area contributed by atoms with Gasteiger partial charge in [0.15, 0.2) is 0 Å². The maximum atomic E-state index is 11.4. The van der Waals surface area contributed by atoms with Gasteiger partial charge in [-0.1, -0.05) is 58.4 Å². The highest BCUT2D eigenvalue weighted by Crippen LogP contribution is 2.32. The highest BCUT2D eigenvalue weighted by molar-refractivity contribution is 9.10. The van der Waals surface area contributed by atoms with Crippen LogP contribution >= 0.6 is 27.9 Å². The number of furan rings is 1. The van der Waals surface area contributed by atoms with Gasteiger partial charge in [0.2, 0.25) is 5.76 Å². The predicted molar refractivity (Wildman–Crippen MR) is 128 cm³/mol. The minimum absolute atomic E-state index is 0.00668. The highest BCUT2D eigenvalue weighted by atomic mass is 79.9. The van der Waals surface area contributed by atoms with Gasteiger partial charge in [0.1, 0.15) is 5.58 Å². The van der Waals surface area contributed by atoms with E-state index in [1.807, 2.05) is 36.4 Å². The van der Waals surface area contributed by atoms with Crippen molar-refractivity contribution in [2.24, 2.45) is 0 Å². The van der Waals surface area contributed by atoms with Gasteiger partial charge in [-0.3, -0.25) is 0 Å². The number of fused-ring (bicyclic) bond motifs is 1. The number of aromatic carboxylic acids is 1. The third-order valence-corrected chi connectivity index (χ3v) is 6.60. The molecule has 1 N–H and O–H groups in total. The molecule has 0 unspecified atom stereocenters. The van der Waals surface area contributed by atoms with Crippen LogP contribution in [0.3, 0.4) is 0 Å². The second-order valence-corrected chi connectivity index (χ2v) is 9.43. The summed E-state index contributed by atoms with van der Waals surface area (Å²) >= 11 is 5.24. The molecule has 0 atom stereocenters. The number of halogens is 1. The molecule has 0 fully saturated rings. The molecule has 0 aliphatic heterocycles. The maximum Gasteiger partial charge on any atom is 0.372 e. The Morgan fingerprint density at radius 1 is 1.03 bits per heavy atom. The number of aryl methyl sites for hydroxylation is 1. The van der Waals surface area contributed by atoms with E-state index in [9.17, 15) is 9.90 Å². The van der Waals surface area contributed by atoms with Gasteiger partial charge in [-0.2, -0.15) is 0 Å². The van der Waals surface area contributed by atoms with Crippen molar-refractivity contribution in [3.8, 4) is 0 Å². The van der Waals surface area contributed by atoms with Crippen LogP contribution < -0.4 is 0 Å². The van der Waals surface area contributed by atoms with Gasteiger partial charge in [0, 0.05) is 33.4 Å². The van der Waals surface area contributed by atoms with Gasteiger partial charge in [-0.25, -0.2) is 9.10 Å². The molecular weight excluding hydrogens is 474 g/mol. The second kappa shape index (κ2) is 9.73. The monoisotopic (exact) mass is 495 g/mol. The Morgan fingerprint density at radius 2 is 1.81 bits per heavy atom. The number of hydrogen-bond donors (Lipinski definition) is 1. The van der Waals surface area contributed by atoms with Gasteiger partial charge in [0.05, 0.1) is 0 Å². The zero-order chi connectivity index (χ0) is 21.8. The molecule has 3 aromatic carbocycles. The van der Waals surface area contributed by atoms with Crippen LogP contribution in [0.15, 0.2) is 86.6 Å². The smallest absolute Gasteiger partial charge is 0.372 e. The van der Waals surface area contributed by atoms with E-state index in [2.05, 4.69) is 56.6 Å². The standard InChI is InChI=1S/C25H22BrNO3S/c1-17-22-15-21(10-11-23(22)30-24(17)25(28)29)31-27(13-12-18-6-3-2-4-7-18)16-19-8-5-9-20(26)14-19/h2-11,14-15H,12-13,16H2,1H3,(H,28,29). The van der Waals surface area contributed by atoms with Crippen molar-refractivity contribution in [2.75, 3.05) is 6.54 Å². The Kier molecular flexibility index (Phi) is 6.80. The summed E-state index contributed by atoms with van der Waals surface area (Å²) < 4.78 is 8.91. The quantitative estimate of drug-likeness (QED) is 0.268.